The van der Waals surface area contributed by atoms with Crippen molar-refractivity contribution < 1.29 is 0 Å². The van der Waals surface area contributed by atoms with Crippen LogP contribution in [0.25, 0.3) is 4.96 Å². The van der Waals surface area contributed by atoms with Crippen LogP contribution in [-0.2, 0) is 12.8 Å². The monoisotopic (exact) mass is 273 g/mol. The van der Waals surface area contributed by atoms with E-state index in [1.165, 1.54) is 5.56 Å². The molecule has 0 unspecified atom stereocenters. The van der Waals surface area contributed by atoms with Crippen LogP contribution in [-0.4, -0.2) is 19.8 Å². The molecule has 0 aliphatic carbocycles. The van der Waals surface area contributed by atoms with Crippen LogP contribution in [0, 0.1) is 13.8 Å². The van der Waals surface area contributed by atoms with Crippen molar-refractivity contribution in [1.29, 1.82) is 0 Å². The fourth-order valence-electron chi connectivity index (χ4n) is 2.01. The average Bonchev–Trinajstić information content (AvgIpc) is 2.90. The molecular weight excluding hydrogens is 258 g/mol. The molecule has 0 fully saturated rings. The van der Waals surface area contributed by atoms with Gasteiger partial charge in [-0.15, -0.1) is 10.2 Å². The minimum atomic E-state index is 0.812. The van der Waals surface area contributed by atoms with Crippen LogP contribution in [0.4, 0.5) is 5.69 Å². The van der Waals surface area contributed by atoms with E-state index in [9.17, 15) is 0 Å². The fraction of sp³-hybridized carbons (Fsp3) is 0.308. The van der Waals surface area contributed by atoms with Crippen molar-refractivity contribution in [3.05, 3.63) is 40.2 Å². The third kappa shape index (κ3) is 2.31. The Morgan fingerprint density at radius 1 is 1.21 bits per heavy atom. The summed E-state index contributed by atoms with van der Waals surface area (Å²) in [6.07, 6.45) is 1.70. The summed E-state index contributed by atoms with van der Waals surface area (Å²) in [5.41, 5.74) is 9.09. The summed E-state index contributed by atoms with van der Waals surface area (Å²) in [6.45, 7) is 3.99. The fourth-order valence-corrected chi connectivity index (χ4v) is 2.71. The molecule has 3 aromatic rings. The molecule has 2 heterocycles. The summed E-state index contributed by atoms with van der Waals surface area (Å²) in [6, 6.07) is 6.19. The molecule has 5 nitrogen and oxygen atoms in total. The lowest BCUT2D eigenvalue weighted by molar-refractivity contribution is 0.785. The molecule has 0 radical (unpaired) electrons. The minimum absolute atomic E-state index is 0.812. The molecule has 0 saturated heterocycles. The molecule has 0 spiro atoms. The number of nitrogen functional groups attached to an aromatic ring is 1. The second-order valence-corrected chi connectivity index (χ2v) is 5.78. The maximum Gasteiger partial charge on any atom is 0.234 e. The van der Waals surface area contributed by atoms with Crippen molar-refractivity contribution in [2.45, 2.75) is 26.7 Å². The van der Waals surface area contributed by atoms with Gasteiger partial charge in [0.1, 0.15) is 5.01 Å². The second kappa shape index (κ2) is 4.62. The van der Waals surface area contributed by atoms with Gasteiger partial charge < -0.3 is 5.73 Å². The molecule has 2 N–H and O–H groups in total. The normalized spacial score (nSPS) is 11.3. The molecule has 3 rings (SSSR count). The van der Waals surface area contributed by atoms with Gasteiger partial charge in [0.2, 0.25) is 4.96 Å². The van der Waals surface area contributed by atoms with Crippen molar-refractivity contribution in [2.24, 2.45) is 0 Å². The summed E-state index contributed by atoms with van der Waals surface area (Å²) >= 11 is 1.56. The van der Waals surface area contributed by atoms with Crippen LogP contribution in [0.15, 0.2) is 18.2 Å². The van der Waals surface area contributed by atoms with Crippen LogP contribution < -0.4 is 5.73 Å². The van der Waals surface area contributed by atoms with Gasteiger partial charge in [0.05, 0.1) is 0 Å². The van der Waals surface area contributed by atoms with E-state index in [2.05, 4.69) is 27.4 Å². The predicted octanol–water partition coefficient (Wildman–Crippen LogP) is 2.17. The van der Waals surface area contributed by atoms with Gasteiger partial charge in [0, 0.05) is 12.1 Å². The molecule has 19 heavy (non-hydrogen) atoms. The molecule has 1 aromatic carbocycles. The third-order valence-electron chi connectivity index (χ3n) is 3.14. The highest BCUT2D eigenvalue weighted by atomic mass is 32.1. The number of nitrogens with two attached hydrogens (primary N) is 1. The summed E-state index contributed by atoms with van der Waals surface area (Å²) in [5, 5.41) is 13.7. The SMILES string of the molecule is Cc1nn2c(CCc3ccc(C)c(N)c3)nnc2s1. The van der Waals surface area contributed by atoms with Gasteiger partial charge in [0.15, 0.2) is 5.82 Å². The number of nitrogens with zero attached hydrogens (tertiary/aromatic N) is 4. The van der Waals surface area contributed by atoms with E-state index < -0.39 is 0 Å². The summed E-state index contributed by atoms with van der Waals surface area (Å²) in [7, 11) is 0. The van der Waals surface area contributed by atoms with Crippen LogP contribution in [0.3, 0.4) is 0 Å². The Morgan fingerprint density at radius 2 is 2.05 bits per heavy atom. The first kappa shape index (κ1) is 12.1. The second-order valence-electron chi connectivity index (χ2n) is 4.62. The van der Waals surface area contributed by atoms with E-state index in [-0.39, 0.29) is 0 Å². The number of hydrogen-bond acceptors (Lipinski definition) is 5. The van der Waals surface area contributed by atoms with Gasteiger partial charge in [-0.3, -0.25) is 0 Å². The highest BCUT2D eigenvalue weighted by molar-refractivity contribution is 7.16. The minimum Gasteiger partial charge on any atom is -0.399 e. The van der Waals surface area contributed by atoms with Crippen LogP contribution in [0.2, 0.25) is 0 Å². The summed E-state index contributed by atoms with van der Waals surface area (Å²) in [5.74, 6) is 0.901. The van der Waals surface area contributed by atoms with Crippen LogP contribution >= 0.6 is 11.3 Å². The molecule has 2 aromatic heterocycles. The summed E-state index contributed by atoms with van der Waals surface area (Å²) < 4.78 is 1.83. The first-order chi connectivity index (χ1) is 9.13. The highest BCUT2D eigenvalue weighted by Crippen LogP contribution is 2.16. The number of rotatable bonds is 3. The van der Waals surface area contributed by atoms with Crippen molar-refractivity contribution in [2.75, 3.05) is 5.73 Å². The Labute approximate surface area is 115 Å². The molecule has 0 saturated carbocycles. The van der Waals surface area contributed by atoms with E-state index in [4.69, 9.17) is 5.73 Å². The topological polar surface area (TPSA) is 69.1 Å². The Bertz CT molecular complexity index is 728. The zero-order chi connectivity index (χ0) is 13.4. The molecule has 98 valence electrons. The number of aryl methyl sites for hydroxylation is 4. The Kier molecular flexibility index (Phi) is 2.94. The number of benzene rings is 1. The first-order valence-electron chi connectivity index (χ1n) is 6.16. The van der Waals surface area contributed by atoms with E-state index in [1.807, 2.05) is 24.4 Å². The third-order valence-corrected chi connectivity index (χ3v) is 3.95. The Hall–Kier alpha value is -1.95. The predicted molar refractivity (Wildman–Crippen MR) is 76.4 cm³/mol. The molecule has 0 atom stereocenters. The molecule has 0 bridgehead atoms. The number of hydrogen-bond donors (Lipinski definition) is 1. The van der Waals surface area contributed by atoms with Gasteiger partial charge in [-0.05, 0) is 37.5 Å². The lowest BCUT2D eigenvalue weighted by atomic mass is 10.1. The summed E-state index contributed by atoms with van der Waals surface area (Å²) in [4.78, 5) is 0.857. The molecule has 0 amide bonds. The van der Waals surface area contributed by atoms with E-state index in [0.29, 0.717) is 0 Å². The van der Waals surface area contributed by atoms with Crippen molar-refractivity contribution in [3.8, 4) is 0 Å². The zero-order valence-corrected chi connectivity index (χ0v) is 11.7. The highest BCUT2D eigenvalue weighted by Gasteiger charge is 2.09. The Balaban J connectivity index is 1.79. The maximum atomic E-state index is 5.92. The van der Waals surface area contributed by atoms with Crippen molar-refractivity contribution in [3.63, 3.8) is 0 Å². The largest absolute Gasteiger partial charge is 0.399 e. The standard InChI is InChI=1S/C13H15N5S/c1-8-3-4-10(7-11(8)14)5-6-12-15-16-13-18(12)17-9(2)19-13/h3-4,7H,5-6,14H2,1-2H3. The molecular formula is C13H15N5S. The zero-order valence-electron chi connectivity index (χ0n) is 10.9. The van der Waals surface area contributed by atoms with E-state index >= 15 is 0 Å². The Morgan fingerprint density at radius 3 is 2.84 bits per heavy atom. The van der Waals surface area contributed by atoms with Crippen molar-refractivity contribution >= 4 is 22.0 Å². The maximum absolute atomic E-state index is 5.92. The van der Waals surface area contributed by atoms with E-state index in [0.717, 1.165) is 39.9 Å². The number of anilines is 1. The molecule has 0 aliphatic rings. The van der Waals surface area contributed by atoms with Gasteiger partial charge in [0.25, 0.3) is 0 Å². The van der Waals surface area contributed by atoms with Gasteiger partial charge in [-0.2, -0.15) is 9.61 Å². The molecule has 0 aliphatic heterocycles. The smallest absolute Gasteiger partial charge is 0.234 e. The van der Waals surface area contributed by atoms with Gasteiger partial charge in [-0.25, -0.2) is 0 Å². The van der Waals surface area contributed by atoms with Gasteiger partial charge >= 0.3 is 0 Å². The van der Waals surface area contributed by atoms with Crippen LogP contribution in [0.5, 0.6) is 0 Å². The van der Waals surface area contributed by atoms with Crippen LogP contribution in [0.1, 0.15) is 22.0 Å². The lowest BCUT2D eigenvalue weighted by Crippen LogP contribution is -2.00. The van der Waals surface area contributed by atoms with Crippen molar-refractivity contribution in [1.82, 2.24) is 19.8 Å². The van der Waals surface area contributed by atoms with E-state index in [1.54, 1.807) is 11.3 Å². The first-order valence-corrected chi connectivity index (χ1v) is 6.98. The number of fused-ring (bicyclic) bond motifs is 1. The molecule has 6 heteroatoms. The quantitative estimate of drug-likeness (QED) is 0.743. The number of aromatic nitrogens is 4. The van der Waals surface area contributed by atoms with Gasteiger partial charge in [-0.1, -0.05) is 23.5 Å². The lowest BCUT2D eigenvalue weighted by Gasteiger charge is -2.04. The average molecular weight is 273 g/mol.